The quantitative estimate of drug-likeness (QED) is 0.759. The van der Waals surface area contributed by atoms with E-state index in [9.17, 15) is 13.2 Å². The fraction of sp³-hybridized carbons (Fsp3) is 0.125. The standard InChI is InChI=1S/C16H12F3N3/c1-10-7-13(14-8-15(22-21-14)16(17,18)19)20-9-12(10)11-5-3-2-4-6-11/h2-9H,1H3,(H,21,22)/i1D3. The van der Waals surface area contributed by atoms with E-state index >= 15 is 0 Å². The Hall–Kier alpha value is -2.63. The predicted molar refractivity (Wildman–Crippen MR) is 77.0 cm³/mol. The van der Waals surface area contributed by atoms with Crippen LogP contribution in [0.5, 0.6) is 0 Å². The molecule has 1 aromatic carbocycles. The Bertz CT molecular complexity index is 887. The van der Waals surface area contributed by atoms with E-state index in [1.807, 2.05) is 5.10 Å². The van der Waals surface area contributed by atoms with Crippen molar-refractivity contribution in [3.63, 3.8) is 0 Å². The second-order valence-corrected chi connectivity index (χ2v) is 4.65. The van der Waals surface area contributed by atoms with Crippen molar-refractivity contribution in [2.45, 2.75) is 13.0 Å². The molecule has 0 aliphatic heterocycles. The summed E-state index contributed by atoms with van der Waals surface area (Å²) >= 11 is 0. The minimum absolute atomic E-state index is 0.000240. The highest BCUT2D eigenvalue weighted by Gasteiger charge is 2.33. The van der Waals surface area contributed by atoms with E-state index < -0.39 is 18.7 Å². The molecule has 6 heteroatoms. The third kappa shape index (κ3) is 2.72. The molecule has 0 saturated heterocycles. The van der Waals surface area contributed by atoms with Gasteiger partial charge in [0.1, 0.15) is 11.4 Å². The highest BCUT2D eigenvalue weighted by Crippen LogP contribution is 2.31. The van der Waals surface area contributed by atoms with Crippen molar-refractivity contribution in [2.24, 2.45) is 0 Å². The van der Waals surface area contributed by atoms with E-state index in [-0.39, 0.29) is 17.0 Å². The lowest BCUT2D eigenvalue weighted by Gasteiger charge is -2.06. The van der Waals surface area contributed by atoms with E-state index in [1.54, 1.807) is 30.3 Å². The van der Waals surface area contributed by atoms with Crippen LogP contribution in [0, 0.1) is 6.85 Å². The number of nitrogens with zero attached hydrogens (tertiary/aromatic N) is 2. The molecule has 0 fully saturated rings. The Labute approximate surface area is 129 Å². The number of nitrogens with one attached hydrogen (secondary N) is 1. The molecule has 0 unspecified atom stereocenters. The molecule has 0 radical (unpaired) electrons. The maximum atomic E-state index is 12.7. The summed E-state index contributed by atoms with van der Waals surface area (Å²) in [5.41, 5.74) is 0.0173. The summed E-state index contributed by atoms with van der Waals surface area (Å²) in [6.45, 7) is -2.45. The summed E-state index contributed by atoms with van der Waals surface area (Å²) in [6, 6.07) is 10.8. The zero-order valence-corrected chi connectivity index (χ0v) is 11.1. The van der Waals surface area contributed by atoms with E-state index in [2.05, 4.69) is 10.1 Å². The van der Waals surface area contributed by atoms with Crippen LogP contribution in [-0.2, 0) is 6.18 Å². The van der Waals surface area contributed by atoms with Gasteiger partial charge in [-0.1, -0.05) is 30.3 Å². The van der Waals surface area contributed by atoms with Crippen LogP contribution in [0.25, 0.3) is 22.5 Å². The molecule has 2 heterocycles. The summed E-state index contributed by atoms with van der Waals surface area (Å²) in [5.74, 6) is 0. The number of benzene rings is 1. The second kappa shape index (κ2) is 5.29. The van der Waals surface area contributed by atoms with Crippen LogP contribution in [0.2, 0.25) is 0 Å². The van der Waals surface area contributed by atoms with Gasteiger partial charge >= 0.3 is 6.18 Å². The van der Waals surface area contributed by atoms with Crippen LogP contribution < -0.4 is 0 Å². The molecular weight excluding hydrogens is 291 g/mol. The summed E-state index contributed by atoms with van der Waals surface area (Å²) in [6.07, 6.45) is -3.23. The van der Waals surface area contributed by atoms with Crippen molar-refractivity contribution in [3.8, 4) is 22.5 Å². The van der Waals surface area contributed by atoms with Crippen LogP contribution in [0.15, 0.2) is 48.7 Å². The SMILES string of the molecule is [2H]C([2H])([2H])c1cc(-c2cc(C(F)(F)F)[nH]n2)ncc1-c1ccccc1. The minimum atomic E-state index is -4.57. The maximum absolute atomic E-state index is 12.7. The Morgan fingerprint density at radius 3 is 2.50 bits per heavy atom. The summed E-state index contributed by atoms with van der Waals surface area (Å²) in [4.78, 5) is 4.10. The number of aromatic nitrogens is 3. The first-order chi connectivity index (χ1) is 11.7. The van der Waals surface area contributed by atoms with Gasteiger partial charge in [-0.15, -0.1) is 0 Å². The molecule has 22 heavy (non-hydrogen) atoms. The van der Waals surface area contributed by atoms with Crippen LogP contribution in [0.3, 0.4) is 0 Å². The first-order valence-corrected chi connectivity index (χ1v) is 6.35. The molecule has 0 bridgehead atoms. The first-order valence-electron chi connectivity index (χ1n) is 7.85. The number of alkyl halides is 3. The van der Waals surface area contributed by atoms with Gasteiger partial charge in [0.05, 0.1) is 5.69 Å². The minimum Gasteiger partial charge on any atom is -0.273 e. The average molecular weight is 306 g/mol. The molecule has 3 nitrogen and oxygen atoms in total. The van der Waals surface area contributed by atoms with E-state index in [4.69, 9.17) is 4.11 Å². The molecule has 0 aliphatic rings. The van der Waals surface area contributed by atoms with Gasteiger partial charge in [-0.2, -0.15) is 18.3 Å². The van der Waals surface area contributed by atoms with Gasteiger partial charge in [0.2, 0.25) is 0 Å². The third-order valence-electron chi connectivity index (χ3n) is 3.13. The molecule has 3 rings (SSSR count). The molecule has 3 aromatic rings. The maximum Gasteiger partial charge on any atom is 0.432 e. The van der Waals surface area contributed by atoms with Gasteiger partial charge in [-0.25, -0.2) is 0 Å². The van der Waals surface area contributed by atoms with E-state index in [0.717, 1.165) is 6.07 Å². The monoisotopic (exact) mass is 306 g/mol. The number of aromatic amines is 1. The normalized spacial score (nSPS) is 14.2. The van der Waals surface area contributed by atoms with Gasteiger partial charge in [-0.05, 0) is 30.1 Å². The largest absolute Gasteiger partial charge is 0.432 e. The Morgan fingerprint density at radius 2 is 1.86 bits per heavy atom. The molecule has 0 spiro atoms. The zero-order chi connectivity index (χ0) is 18.2. The van der Waals surface area contributed by atoms with Crippen molar-refractivity contribution in [2.75, 3.05) is 0 Å². The van der Waals surface area contributed by atoms with E-state index in [1.165, 1.54) is 12.3 Å². The highest BCUT2D eigenvalue weighted by atomic mass is 19.4. The van der Waals surface area contributed by atoms with Gasteiger partial charge < -0.3 is 0 Å². The lowest BCUT2D eigenvalue weighted by molar-refractivity contribution is -0.141. The predicted octanol–water partition coefficient (Wildman–Crippen LogP) is 4.47. The number of hydrogen-bond donors (Lipinski definition) is 1. The van der Waals surface area contributed by atoms with Crippen LogP contribution >= 0.6 is 0 Å². The van der Waals surface area contributed by atoms with Crippen molar-refractivity contribution < 1.29 is 17.3 Å². The lowest BCUT2D eigenvalue weighted by Crippen LogP contribution is -2.04. The highest BCUT2D eigenvalue weighted by molar-refractivity contribution is 5.69. The van der Waals surface area contributed by atoms with Crippen molar-refractivity contribution in [1.29, 1.82) is 0 Å². The molecule has 0 atom stereocenters. The van der Waals surface area contributed by atoms with Crippen molar-refractivity contribution in [3.05, 3.63) is 59.9 Å². The number of aryl methyl sites for hydroxylation is 1. The third-order valence-corrected chi connectivity index (χ3v) is 3.13. The van der Waals surface area contributed by atoms with Crippen LogP contribution in [0.1, 0.15) is 15.4 Å². The van der Waals surface area contributed by atoms with Gasteiger partial charge in [0.25, 0.3) is 0 Å². The number of hydrogen-bond acceptors (Lipinski definition) is 2. The fourth-order valence-electron chi connectivity index (χ4n) is 2.04. The smallest absolute Gasteiger partial charge is 0.273 e. The number of halogens is 3. The molecular formula is C16H12F3N3. The van der Waals surface area contributed by atoms with Gasteiger partial charge in [0.15, 0.2) is 0 Å². The number of rotatable bonds is 2. The van der Waals surface area contributed by atoms with Crippen molar-refractivity contribution in [1.82, 2.24) is 15.2 Å². The zero-order valence-electron chi connectivity index (χ0n) is 14.1. The number of H-pyrrole nitrogens is 1. The van der Waals surface area contributed by atoms with Crippen molar-refractivity contribution >= 4 is 0 Å². The van der Waals surface area contributed by atoms with Gasteiger partial charge in [-0.3, -0.25) is 10.1 Å². The number of pyridine rings is 1. The summed E-state index contributed by atoms with van der Waals surface area (Å²) in [5, 5.41) is 5.48. The first kappa shape index (κ1) is 11.0. The van der Waals surface area contributed by atoms with Gasteiger partial charge in [0, 0.05) is 15.9 Å². The molecule has 0 aliphatic carbocycles. The molecule has 2 aromatic heterocycles. The lowest BCUT2D eigenvalue weighted by atomic mass is 10.0. The van der Waals surface area contributed by atoms with Crippen LogP contribution in [-0.4, -0.2) is 15.2 Å². The van der Waals surface area contributed by atoms with Crippen LogP contribution in [0.4, 0.5) is 13.2 Å². The topological polar surface area (TPSA) is 41.6 Å². The second-order valence-electron chi connectivity index (χ2n) is 4.65. The summed E-state index contributed by atoms with van der Waals surface area (Å²) in [7, 11) is 0. The Balaban J connectivity index is 2.11. The molecule has 1 N–H and O–H groups in total. The fourth-order valence-corrected chi connectivity index (χ4v) is 2.04. The van der Waals surface area contributed by atoms with E-state index in [0.29, 0.717) is 11.1 Å². The Kier molecular flexibility index (Phi) is 2.65. The average Bonchev–Trinajstić information content (AvgIpc) is 3.04. The summed E-state index contributed by atoms with van der Waals surface area (Å²) < 4.78 is 61.2. The molecule has 112 valence electrons. The molecule has 0 amide bonds. The Morgan fingerprint density at radius 1 is 1.09 bits per heavy atom. The molecule has 0 saturated carbocycles.